The van der Waals surface area contributed by atoms with E-state index in [0.29, 0.717) is 23.7 Å². The maximum absolute atomic E-state index is 15.6. The Kier molecular flexibility index (Phi) is 7.59. The molecule has 0 bridgehead atoms. The topological polar surface area (TPSA) is 26.3 Å². The summed E-state index contributed by atoms with van der Waals surface area (Å²) < 4.78 is 80.4. The number of carbonyl (C=O) groups is 1. The van der Waals surface area contributed by atoms with Crippen molar-refractivity contribution in [1.82, 2.24) is 0 Å². The standard InChI is InChI=1S/C23H29F5O2S/c1-2-3-4-14-5-7-15(8-6-14)23(28)18(24)13-22(27,19(25)20(23)26)21(29)30-16-9-11-17(31)12-10-16/h9-12,14-15,18-20,31H,2-8,13H2,1H3. The van der Waals surface area contributed by atoms with E-state index >= 15 is 8.78 Å². The van der Waals surface area contributed by atoms with Gasteiger partial charge in [0.2, 0.25) is 5.67 Å². The molecule has 0 heterocycles. The van der Waals surface area contributed by atoms with Crippen molar-refractivity contribution in [3.8, 4) is 5.75 Å². The van der Waals surface area contributed by atoms with Gasteiger partial charge in [-0.15, -0.1) is 12.6 Å². The van der Waals surface area contributed by atoms with Crippen LogP contribution in [0.25, 0.3) is 0 Å². The molecule has 0 aromatic heterocycles. The largest absolute Gasteiger partial charge is 0.424 e. The fourth-order valence-electron chi connectivity index (χ4n) is 4.93. The summed E-state index contributed by atoms with van der Waals surface area (Å²) >= 11 is 4.05. The molecule has 2 saturated carbocycles. The van der Waals surface area contributed by atoms with Gasteiger partial charge in [0.1, 0.15) is 11.9 Å². The third-order valence-corrected chi connectivity index (χ3v) is 7.20. The first-order valence-electron chi connectivity index (χ1n) is 10.9. The summed E-state index contributed by atoms with van der Waals surface area (Å²) in [5.74, 6) is -2.57. The third kappa shape index (κ3) is 4.74. The van der Waals surface area contributed by atoms with Crippen molar-refractivity contribution in [2.45, 2.75) is 93.0 Å². The first-order chi connectivity index (χ1) is 14.6. The average Bonchev–Trinajstić information content (AvgIpc) is 2.76. The quantitative estimate of drug-likeness (QED) is 0.219. The van der Waals surface area contributed by atoms with Crippen molar-refractivity contribution >= 4 is 18.6 Å². The highest BCUT2D eigenvalue weighted by atomic mass is 32.1. The Bertz CT molecular complexity index is 755. The Balaban J connectivity index is 1.71. The van der Waals surface area contributed by atoms with Crippen molar-refractivity contribution < 1.29 is 31.5 Å². The van der Waals surface area contributed by atoms with Crippen LogP contribution in [0.4, 0.5) is 22.0 Å². The minimum Gasteiger partial charge on any atom is -0.424 e. The Morgan fingerprint density at radius 3 is 2.26 bits per heavy atom. The second-order valence-corrected chi connectivity index (χ2v) is 9.42. The summed E-state index contributed by atoms with van der Waals surface area (Å²) in [4.78, 5) is 12.8. The summed E-state index contributed by atoms with van der Waals surface area (Å²) in [5, 5.41) is 0. The molecule has 2 aliphatic rings. The summed E-state index contributed by atoms with van der Waals surface area (Å²) in [6.07, 6.45) is -5.62. The molecule has 1 aromatic rings. The summed E-state index contributed by atoms with van der Waals surface area (Å²) in [6.45, 7) is 2.07. The lowest BCUT2D eigenvalue weighted by atomic mass is 9.64. The number of halogens is 5. The minimum absolute atomic E-state index is 0.125. The van der Waals surface area contributed by atoms with Gasteiger partial charge in [0, 0.05) is 11.3 Å². The molecule has 2 aliphatic carbocycles. The van der Waals surface area contributed by atoms with Crippen molar-refractivity contribution in [3.63, 3.8) is 0 Å². The molecule has 1 aromatic carbocycles. The smallest absolute Gasteiger partial charge is 0.352 e. The molecule has 174 valence electrons. The van der Waals surface area contributed by atoms with E-state index in [1.165, 1.54) is 24.3 Å². The van der Waals surface area contributed by atoms with Gasteiger partial charge in [0.05, 0.1) is 0 Å². The number of unbranched alkanes of at least 4 members (excludes halogenated alkanes) is 1. The number of benzene rings is 1. The monoisotopic (exact) mass is 464 g/mol. The second kappa shape index (κ2) is 9.67. The molecule has 0 aliphatic heterocycles. The highest BCUT2D eigenvalue weighted by Crippen LogP contribution is 2.52. The maximum atomic E-state index is 15.6. The van der Waals surface area contributed by atoms with Gasteiger partial charge in [0.25, 0.3) is 0 Å². The number of hydrogen-bond acceptors (Lipinski definition) is 3. The van der Waals surface area contributed by atoms with Gasteiger partial charge in [-0.05, 0) is 48.9 Å². The Labute approximate surface area is 185 Å². The molecule has 0 N–H and O–H groups in total. The number of hydrogen-bond donors (Lipinski definition) is 1. The molecule has 0 radical (unpaired) electrons. The molecule has 0 spiro atoms. The number of alkyl halides is 5. The van der Waals surface area contributed by atoms with Gasteiger partial charge in [0.15, 0.2) is 18.0 Å². The van der Waals surface area contributed by atoms with E-state index in [2.05, 4.69) is 19.6 Å². The third-order valence-electron chi connectivity index (χ3n) is 6.90. The molecule has 8 heteroatoms. The van der Waals surface area contributed by atoms with Gasteiger partial charge in [-0.2, -0.15) is 0 Å². The number of carbonyl (C=O) groups excluding carboxylic acids is 1. The van der Waals surface area contributed by atoms with Crippen molar-refractivity contribution in [3.05, 3.63) is 24.3 Å². The number of rotatable bonds is 6. The van der Waals surface area contributed by atoms with Gasteiger partial charge in [-0.1, -0.05) is 39.0 Å². The van der Waals surface area contributed by atoms with Crippen LogP contribution in [0.15, 0.2) is 29.2 Å². The van der Waals surface area contributed by atoms with E-state index in [-0.39, 0.29) is 18.6 Å². The Hall–Kier alpha value is -1.31. The van der Waals surface area contributed by atoms with Crippen LogP contribution < -0.4 is 4.74 Å². The van der Waals surface area contributed by atoms with Crippen molar-refractivity contribution in [2.75, 3.05) is 0 Å². The SMILES string of the molecule is CCCCC1CCC(C2(F)C(F)CC(F)(C(=O)Oc3ccc(S)cc3)C(F)C2F)CC1. The molecule has 2 fully saturated rings. The van der Waals surface area contributed by atoms with Gasteiger partial charge in [-0.3, -0.25) is 0 Å². The first kappa shape index (κ1) is 24.3. The van der Waals surface area contributed by atoms with Crippen LogP contribution in [0, 0.1) is 11.8 Å². The van der Waals surface area contributed by atoms with E-state index in [9.17, 15) is 18.0 Å². The molecule has 0 amide bonds. The van der Waals surface area contributed by atoms with E-state index in [1.807, 2.05) is 0 Å². The molecule has 0 saturated heterocycles. The van der Waals surface area contributed by atoms with E-state index in [1.54, 1.807) is 0 Å². The van der Waals surface area contributed by atoms with Crippen LogP contribution in [0.2, 0.25) is 0 Å². The molecule has 2 nitrogen and oxygen atoms in total. The summed E-state index contributed by atoms with van der Waals surface area (Å²) in [5.41, 5.74) is -6.76. The lowest BCUT2D eigenvalue weighted by molar-refractivity contribution is -0.195. The Morgan fingerprint density at radius 2 is 1.68 bits per heavy atom. The van der Waals surface area contributed by atoms with Crippen LogP contribution in [0.1, 0.15) is 58.3 Å². The maximum Gasteiger partial charge on any atom is 0.352 e. The fraction of sp³-hybridized carbons (Fsp3) is 0.696. The fourth-order valence-corrected chi connectivity index (χ4v) is 5.08. The second-order valence-electron chi connectivity index (χ2n) is 8.91. The molecular weight excluding hydrogens is 435 g/mol. The number of ether oxygens (including phenoxy) is 1. The molecular formula is C23H29F5O2S. The zero-order chi connectivity index (χ0) is 22.8. The summed E-state index contributed by atoms with van der Waals surface area (Å²) in [7, 11) is 0. The Morgan fingerprint density at radius 1 is 1.06 bits per heavy atom. The molecule has 3 rings (SSSR count). The molecule has 31 heavy (non-hydrogen) atoms. The van der Waals surface area contributed by atoms with E-state index in [4.69, 9.17) is 4.74 Å². The number of esters is 1. The van der Waals surface area contributed by atoms with Crippen LogP contribution in [0.5, 0.6) is 5.75 Å². The van der Waals surface area contributed by atoms with Crippen molar-refractivity contribution in [1.29, 1.82) is 0 Å². The van der Waals surface area contributed by atoms with Crippen LogP contribution in [-0.4, -0.2) is 35.8 Å². The first-order valence-corrected chi connectivity index (χ1v) is 11.4. The highest BCUT2D eigenvalue weighted by molar-refractivity contribution is 7.80. The van der Waals surface area contributed by atoms with Gasteiger partial charge < -0.3 is 4.74 Å². The normalized spacial score (nSPS) is 38.6. The minimum atomic E-state index is -3.60. The van der Waals surface area contributed by atoms with Gasteiger partial charge in [-0.25, -0.2) is 26.7 Å². The van der Waals surface area contributed by atoms with E-state index < -0.39 is 48.2 Å². The average molecular weight is 465 g/mol. The van der Waals surface area contributed by atoms with Crippen LogP contribution >= 0.6 is 12.6 Å². The predicted octanol–water partition coefficient (Wildman–Crippen LogP) is 6.71. The zero-order valence-electron chi connectivity index (χ0n) is 17.5. The lowest BCUT2D eigenvalue weighted by Crippen LogP contribution is -2.67. The van der Waals surface area contributed by atoms with E-state index in [0.717, 1.165) is 19.3 Å². The number of thiol groups is 1. The zero-order valence-corrected chi connectivity index (χ0v) is 18.4. The highest BCUT2D eigenvalue weighted by Gasteiger charge is 2.70. The molecule has 5 atom stereocenters. The van der Waals surface area contributed by atoms with Gasteiger partial charge >= 0.3 is 5.97 Å². The predicted molar refractivity (Wildman–Crippen MR) is 111 cm³/mol. The molecule has 5 unspecified atom stereocenters. The summed E-state index contributed by atoms with van der Waals surface area (Å²) in [6, 6.07) is 5.47. The van der Waals surface area contributed by atoms with Crippen LogP contribution in [-0.2, 0) is 4.79 Å². The lowest BCUT2D eigenvalue weighted by Gasteiger charge is -2.48. The van der Waals surface area contributed by atoms with Crippen molar-refractivity contribution in [2.24, 2.45) is 11.8 Å². The van der Waals surface area contributed by atoms with Crippen LogP contribution in [0.3, 0.4) is 0 Å².